The van der Waals surface area contributed by atoms with E-state index < -0.39 is 12.1 Å². The van der Waals surface area contributed by atoms with Gasteiger partial charge in [-0.3, -0.25) is 14.9 Å². The number of hydrogen-bond acceptors (Lipinski definition) is 5. The minimum atomic E-state index is -0.796. The molecular weight excluding hydrogens is 470 g/mol. The van der Waals surface area contributed by atoms with Gasteiger partial charge in [-0.1, -0.05) is 48.5 Å². The zero-order valence-electron chi connectivity index (χ0n) is 21.5. The number of likely N-dealkylation sites (tertiary alicyclic amines) is 1. The number of carboxylic acid groups (broad SMARTS) is 1. The van der Waals surface area contributed by atoms with Crippen molar-refractivity contribution in [1.29, 1.82) is 0 Å². The molecule has 2 unspecified atom stereocenters. The lowest BCUT2D eigenvalue weighted by atomic mass is 10.0. The average Bonchev–Trinajstić information content (AvgIpc) is 3.43. The van der Waals surface area contributed by atoms with Crippen LogP contribution in [0.2, 0.25) is 0 Å². The van der Waals surface area contributed by atoms with Gasteiger partial charge in [0.25, 0.3) is 0 Å². The number of anilines is 1. The Hall–Kier alpha value is -3.39. The highest BCUT2D eigenvalue weighted by Gasteiger charge is 2.42. The van der Waals surface area contributed by atoms with Crippen LogP contribution in [0.15, 0.2) is 54.6 Å². The maximum Gasteiger partial charge on any atom is 0.411 e. The largest absolute Gasteiger partial charge is 0.481 e. The van der Waals surface area contributed by atoms with E-state index >= 15 is 0 Å². The Morgan fingerprint density at radius 2 is 1.65 bits per heavy atom. The second-order valence-electron chi connectivity index (χ2n) is 10.2. The molecule has 2 atom stereocenters. The number of fused-ring (bicyclic) bond motifs is 1. The van der Waals surface area contributed by atoms with Crippen LogP contribution in [-0.2, 0) is 14.3 Å². The molecule has 2 N–H and O–H groups in total. The average molecular weight is 508 g/mol. The molecule has 8 nitrogen and oxygen atoms in total. The van der Waals surface area contributed by atoms with E-state index in [1.165, 1.54) is 0 Å². The standard InChI is InChI=1S/C29H37N3O5/c1-31(15-8-7-13-28(34)35)27(33)14-16-32-19-22-17-24(18-23(22)20-32)37-29(36)30-26-12-6-5-11-25(26)21-9-3-2-4-10-21/h2-6,9-12,22-24H,7-8,13-20H2,1H3,(H,30,36)(H,34,35). The van der Waals surface area contributed by atoms with Crippen LogP contribution in [0.5, 0.6) is 0 Å². The van der Waals surface area contributed by atoms with Gasteiger partial charge in [-0.2, -0.15) is 0 Å². The van der Waals surface area contributed by atoms with Crippen molar-refractivity contribution in [2.75, 3.05) is 38.5 Å². The van der Waals surface area contributed by atoms with Crippen LogP contribution in [0.4, 0.5) is 10.5 Å². The van der Waals surface area contributed by atoms with Gasteiger partial charge in [-0.15, -0.1) is 0 Å². The Balaban J connectivity index is 1.17. The number of carbonyl (C=O) groups excluding carboxylic acids is 2. The second kappa shape index (κ2) is 12.7. The lowest BCUT2D eigenvalue weighted by molar-refractivity contribution is -0.137. The zero-order valence-corrected chi connectivity index (χ0v) is 21.5. The first-order valence-corrected chi connectivity index (χ1v) is 13.2. The number of para-hydroxylation sites is 1. The van der Waals surface area contributed by atoms with Gasteiger partial charge in [0.1, 0.15) is 6.10 Å². The maximum absolute atomic E-state index is 12.7. The molecule has 2 amide bonds. The number of carboxylic acids is 1. The Kier molecular flexibility index (Phi) is 9.17. The fourth-order valence-corrected chi connectivity index (χ4v) is 5.57. The van der Waals surface area contributed by atoms with Crippen LogP contribution < -0.4 is 5.32 Å². The summed E-state index contributed by atoms with van der Waals surface area (Å²) in [5, 5.41) is 11.7. The zero-order chi connectivity index (χ0) is 26.2. The summed E-state index contributed by atoms with van der Waals surface area (Å²) in [4.78, 5) is 39.8. The smallest absolute Gasteiger partial charge is 0.411 e. The summed E-state index contributed by atoms with van der Waals surface area (Å²) in [5.74, 6) is 0.271. The fraction of sp³-hybridized carbons (Fsp3) is 0.483. The van der Waals surface area contributed by atoms with Crippen molar-refractivity contribution in [2.45, 2.75) is 44.6 Å². The van der Waals surface area contributed by atoms with Crippen molar-refractivity contribution >= 4 is 23.7 Å². The molecule has 37 heavy (non-hydrogen) atoms. The molecule has 1 aliphatic heterocycles. The summed E-state index contributed by atoms with van der Waals surface area (Å²) in [7, 11) is 1.78. The van der Waals surface area contributed by atoms with Crippen molar-refractivity contribution in [3.63, 3.8) is 0 Å². The van der Waals surface area contributed by atoms with E-state index in [-0.39, 0.29) is 18.4 Å². The number of rotatable bonds is 11. The van der Waals surface area contributed by atoms with Gasteiger partial charge < -0.3 is 19.6 Å². The molecule has 0 bridgehead atoms. The van der Waals surface area contributed by atoms with E-state index in [1.54, 1.807) is 11.9 Å². The minimum Gasteiger partial charge on any atom is -0.481 e. The number of amides is 2. The van der Waals surface area contributed by atoms with Crippen molar-refractivity contribution in [1.82, 2.24) is 9.80 Å². The Morgan fingerprint density at radius 3 is 2.35 bits per heavy atom. The molecule has 2 fully saturated rings. The molecule has 198 valence electrons. The van der Waals surface area contributed by atoms with Gasteiger partial charge in [0.05, 0.1) is 5.69 Å². The van der Waals surface area contributed by atoms with E-state index in [1.807, 2.05) is 54.6 Å². The van der Waals surface area contributed by atoms with E-state index in [9.17, 15) is 14.4 Å². The van der Waals surface area contributed by atoms with E-state index in [2.05, 4.69) is 10.2 Å². The first kappa shape index (κ1) is 26.7. The quantitative estimate of drug-likeness (QED) is 0.427. The van der Waals surface area contributed by atoms with Gasteiger partial charge >= 0.3 is 12.1 Å². The van der Waals surface area contributed by atoms with Gasteiger partial charge in [0, 0.05) is 51.6 Å². The van der Waals surface area contributed by atoms with Crippen molar-refractivity contribution < 1.29 is 24.2 Å². The van der Waals surface area contributed by atoms with E-state index in [4.69, 9.17) is 9.84 Å². The van der Waals surface area contributed by atoms with Gasteiger partial charge in [0.15, 0.2) is 0 Å². The summed E-state index contributed by atoms with van der Waals surface area (Å²) < 4.78 is 5.80. The molecule has 1 saturated carbocycles. The van der Waals surface area contributed by atoms with Gasteiger partial charge in [0.2, 0.25) is 5.91 Å². The first-order valence-electron chi connectivity index (χ1n) is 13.2. The van der Waals surface area contributed by atoms with Crippen LogP contribution in [0.1, 0.15) is 38.5 Å². The summed E-state index contributed by atoms with van der Waals surface area (Å²) in [5.41, 5.74) is 2.73. The third-order valence-corrected chi connectivity index (χ3v) is 7.51. The third kappa shape index (κ3) is 7.55. The van der Waals surface area contributed by atoms with Crippen molar-refractivity contribution in [2.24, 2.45) is 11.8 Å². The Bertz CT molecular complexity index is 1060. The lowest BCUT2D eigenvalue weighted by Crippen LogP contribution is -2.33. The SMILES string of the molecule is CN(CCCCC(=O)O)C(=O)CCN1CC2CC(OC(=O)Nc3ccccc3-c3ccccc3)CC2C1. The molecule has 8 heteroatoms. The second-order valence-corrected chi connectivity index (χ2v) is 10.2. The topological polar surface area (TPSA) is 99.2 Å². The van der Waals surface area contributed by atoms with Crippen LogP contribution in [-0.4, -0.2) is 72.2 Å². The number of nitrogens with one attached hydrogen (secondary N) is 1. The molecule has 1 heterocycles. The van der Waals surface area contributed by atoms with Crippen LogP contribution in [0.3, 0.4) is 0 Å². The summed E-state index contributed by atoms with van der Waals surface area (Å²) in [6.07, 6.45) is 3.11. The molecule has 0 aromatic heterocycles. The lowest BCUT2D eigenvalue weighted by Gasteiger charge is -2.21. The van der Waals surface area contributed by atoms with Crippen LogP contribution in [0.25, 0.3) is 11.1 Å². The summed E-state index contributed by atoms with van der Waals surface area (Å²) >= 11 is 0. The Morgan fingerprint density at radius 1 is 0.973 bits per heavy atom. The highest BCUT2D eigenvalue weighted by atomic mass is 16.6. The van der Waals surface area contributed by atoms with Gasteiger partial charge in [-0.25, -0.2) is 4.79 Å². The molecule has 1 saturated heterocycles. The fourth-order valence-electron chi connectivity index (χ4n) is 5.57. The van der Waals surface area contributed by atoms with Crippen molar-refractivity contribution in [3.8, 4) is 11.1 Å². The normalized spacial score (nSPS) is 20.8. The highest BCUT2D eigenvalue weighted by molar-refractivity contribution is 5.91. The predicted molar refractivity (Wildman–Crippen MR) is 142 cm³/mol. The van der Waals surface area contributed by atoms with E-state index in [0.717, 1.165) is 49.3 Å². The Labute approximate surface area is 218 Å². The van der Waals surface area contributed by atoms with Crippen molar-refractivity contribution in [3.05, 3.63) is 54.6 Å². The number of carbonyl (C=O) groups is 3. The number of benzene rings is 2. The summed E-state index contributed by atoms with van der Waals surface area (Å²) in [6.45, 7) is 3.18. The van der Waals surface area contributed by atoms with Gasteiger partial charge in [-0.05, 0) is 49.1 Å². The van der Waals surface area contributed by atoms with Crippen LogP contribution >= 0.6 is 0 Å². The van der Waals surface area contributed by atoms with Crippen LogP contribution in [0, 0.1) is 11.8 Å². The highest BCUT2D eigenvalue weighted by Crippen LogP contribution is 2.39. The summed E-state index contributed by atoms with van der Waals surface area (Å²) in [6, 6.07) is 17.7. The number of unbranched alkanes of at least 4 members (excludes halogenated alkanes) is 1. The molecule has 2 aromatic rings. The number of nitrogens with zero attached hydrogens (tertiary/aromatic N) is 2. The minimum absolute atomic E-state index is 0.0837. The third-order valence-electron chi connectivity index (χ3n) is 7.51. The molecule has 1 aliphatic carbocycles. The molecule has 4 rings (SSSR count). The molecule has 2 aliphatic rings. The molecular formula is C29H37N3O5. The number of aliphatic carboxylic acids is 1. The molecule has 0 radical (unpaired) electrons. The molecule has 2 aromatic carbocycles. The predicted octanol–water partition coefficient (Wildman–Crippen LogP) is 4.72. The monoisotopic (exact) mass is 507 g/mol. The maximum atomic E-state index is 12.7. The van der Waals surface area contributed by atoms with E-state index in [0.29, 0.717) is 37.6 Å². The number of ether oxygens (including phenoxy) is 1. The number of hydrogen-bond donors (Lipinski definition) is 2. The first-order chi connectivity index (χ1) is 17.9. The molecule has 0 spiro atoms.